The van der Waals surface area contributed by atoms with Gasteiger partial charge in [-0.05, 0) is 18.6 Å². The van der Waals surface area contributed by atoms with E-state index in [0.29, 0.717) is 23.9 Å². The van der Waals surface area contributed by atoms with E-state index in [0.717, 1.165) is 17.3 Å². The van der Waals surface area contributed by atoms with Crippen molar-refractivity contribution in [2.75, 3.05) is 11.9 Å². The number of nitrogens with zero attached hydrogens (tertiary/aromatic N) is 4. The second-order valence-corrected chi connectivity index (χ2v) is 6.07. The molecule has 0 radical (unpaired) electrons. The van der Waals surface area contributed by atoms with Gasteiger partial charge in [-0.3, -0.25) is 9.48 Å². The largest absolute Gasteiger partial charge is 0.493 e. The zero-order valence-corrected chi connectivity index (χ0v) is 14.9. The van der Waals surface area contributed by atoms with Crippen molar-refractivity contribution in [2.45, 2.75) is 19.9 Å². The number of anilines is 2. The number of hydrogen-bond acceptors (Lipinski definition) is 7. The Labute approximate surface area is 156 Å². The molecule has 0 fully saturated rings. The highest BCUT2D eigenvalue weighted by Gasteiger charge is 2.09. The molecule has 2 aromatic heterocycles. The highest BCUT2D eigenvalue weighted by molar-refractivity contribution is 5.91. The average molecular weight is 367 g/mol. The summed E-state index contributed by atoms with van der Waals surface area (Å²) in [6.07, 6.45) is 7.00. The van der Waals surface area contributed by atoms with E-state index < -0.39 is 5.91 Å². The first-order valence-electron chi connectivity index (χ1n) is 8.55. The summed E-state index contributed by atoms with van der Waals surface area (Å²) in [6.45, 7) is 2.50. The maximum atomic E-state index is 11.0. The van der Waals surface area contributed by atoms with Crippen molar-refractivity contribution in [3.05, 3.63) is 36.9 Å². The monoisotopic (exact) mass is 367 g/mol. The molecule has 1 amide bonds. The molecule has 0 unspecified atom stereocenters. The van der Waals surface area contributed by atoms with Crippen molar-refractivity contribution in [1.82, 2.24) is 19.7 Å². The lowest BCUT2D eigenvalue weighted by atomic mass is 10.1. The zero-order valence-electron chi connectivity index (χ0n) is 14.9. The first-order valence-corrected chi connectivity index (χ1v) is 8.55. The Kier molecular flexibility index (Phi) is 5.60. The van der Waals surface area contributed by atoms with Crippen LogP contribution in [0, 0.1) is 11.3 Å². The smallest absolute Gasteiger partial charge is 0.239 e. The number of rotatable bonds is 9. The predicted molar refractivity (Wildman–Crippen MR) is 102 cm³/mol. The minimum Gasteiger partial charge on any atom is -0.493 e. The van der Waals surface area contributed by atoms with Crippen molar-refractivity contribution in [1.29, 1.82) is 5.41 Å². The summed E-state index contributed by atoms with van der Waals surface area (Å²) in [6, 6.07) is 5.58. The molecule has 9 heteroatoms. The summed E-state index contributed by atoms with van der Waals surface area (Å²) in [5, 5.41) is 15.4. The fourth-order valence-corrected chi connectivity index (χ4v) is 2.52. The number of fused-ring (bicyclic) bond motifs is 1. The summed E-state index contributed by atoms with van der Waals surface area (Å²) in [5.41, 5.74) is 6.59. The minimum atomic E-state index is -0.460. The number of amides is 1. The van der Waals surface area contributed by atoms with Crippen LogP contribution in [0.4, 0.5) is 11.5 Å². The third kappa shape index (κ3) is 4.57. The molecule has 3 aromatic rings. The predicted octanol–water partition coefficient (Wildman–Crippen LogP) is 2.11. The van der Waals surface area contributed by atoms with Gasteiger partial charge in [-0.2, -0.15) is 5.10 Å². The average Bonchev–Trinajstić information content (AvgIpc) is 3.08. The molecule has 27 heavy (non-hydrogen) atoms. The number of carbonyl (C=O) groups is 1. The summed E-state index contributed by atoms with van der Waals surface area (Å²) in [4.78, 5) is 19.6. The Morgan fingerprint density at radius 1 is 1.44 bits per heavy atom. The van der Waals surface area contributed by atoms with Crippen LogP contribution in [0.5, 0.6) is 5.75 Å². The van der Waals surface area contributed by atoms with E-state index >= 15 is 0 Å². The van der Waals surface area contributed by atoms with Gasteiger partial charge in [0.2, 0.25) is 5.91 Å². The Balaban J connectivity index is 1.77. The number of nitrogens with one attached hydrogen (secondary N) is 2. The van der Waals surface area contributed by atoms with Gasteiger partial charge in [0, 0.05) is 29.8 Å². The number of nitrogens with two attached hydrogens (primary N) is 1. The Morgan fingerprint density at radius 2 is 2.30 bits per heavy atom. The molecule has 0 saturated carbocycles. The number of hydrogen-bond donors (Lipinski definition) is 3. The van der Waals surface area contributed by atoms with E-state index in [-0.39, 0.29) is 12.5 Å². The van der Waals surface area contributed by atoms with Crippen LogP contribution in [-0.4, -0.2) is 38.5 Å². The molecular formula is C18H21N7O2. The molecule has 0 aliphatic carbocycles. The van der Waals surface area contributed by atoms with Crippen molar-refractivity contribution in [2.24, 2.45) is 11.7 Å². The molecule has 0 spiro atoms. The number of primary amides is 1. The maximum Gasteiger partial charge on any atom is 0.239 e. The van der Waals surface area contributed by atoms with Crippen LogP contribution in [0.3, 0.4) is 0 Å². The van der Waals surface area contributed by atoms with Gasteiger partial charge in [-0.15, -0.1) is 0 Å². The topological polar surface area (TPSA) is 132 Å². The lowest BCUT2D eigenvalue weighted by Crippen LogP contribution is -2.18. The highest BCUT2D eigenvalue weighted by atomic mass is 16.5. The second-order valence-electron chi connectivity index (χ2n) is 6.07. The third-order valence-electron chi connectivity index (χ3n) is 4.05. The summed E-state index contributed by atoms with van der Waals surface area (Å²) < 4.78 is 7.22. The Bertz CT molecular complexity index is 954. The quantitative estimate of drug-likeness (QED) is 0.496. The van der Waals surface area contributed by atoms with Gasteiger partial charge in [-0.25, -0.2) is 9.97 Å². The molecule has 0 bridgehead atoms. The van der Waals surface area contributed by atoms with E-state index in [1.54, 1.807) is 12.4 Å². The molecule has 0 saturated heterocycles. The first-order chi connectivity index (χ1) is 13.1. The van der Waals surface area contributed by atoms with Crippen molar-refractivity contribution >= 4 is 34.5 Å². The van der Waals surface area contributed by atoms with Crippen LogP contribution in [0.25, 0.3) is 10.9 Å². The van der Waals surface area contributed by atoms with Crippen molar-refractivity contribution in [3.63, 3.8) is 0 Å². The highest BCUT2D eigenvalue weighted by Crippen LogP contribution is 2.26. The normalized spacial score (nSPS) is 11.9. The van der Waals surface area contributed by atoms with Gasteiger partial charge in [0.1, 0.15) is 24.4 Å². The number of benzene rings is 1. The number of aromatic nitrogens is 4. The molecule has 3 rings (SSSR count). The molecule has 0 aliphatic rings. The summed E-state index contributed by atoms with van der Waals surface area (Å²) in [7, 11) is 0. The molecule has 2 heterocycles. The SMILES string of the molecule is CC[C@@H](C=N)COc1ccc2c(Nc3cnn(CC(N)=O)c3)ncnc2c1. The lowest BCUT2D eigenvalue weighted by molar-refractivity contribution is -0.118. The molecule has 0 aliphatic heterocycles. The summed E-state index contributed by atoms with van der Waals surface area (Å²) >= 11 is 0. The minimum absolute atomic E-state index is 0.0153. The van der Waals surface area contributed by atoms with E-state index in [9.17, 15) is 4.79 Å². The first kappa shape index (κ1) is 18.3. The molecule has 1 aromatic carbocycles. The molecule has 1 atom stereocenters. The zero-order chi connectivity index (χ0) is 19.2. The van der Waals surface area contributed by atoms with E-state index in [1.807, 2.05) is 25.1 Å². The lowest BCUT2D eigenvalue weighted by Gasteiger charge is -2.12. The van der Waals surface area contributed by atoms with Crippen LogP contribution < -0.4 is 15.8 Å². The Hall–Kier alpha value is -3.49. The van der Waals surface area contributed by atoms with E-state index in [1.165, 1.54) is 17.2 Å². The fraction of sp³-hybridized carbons (Fsp3) is 0.278. The maximum absolute atomic E-state index is 11.0. The molecule has 9 nitrogen and oxygen atoms in total. The van der Waals surface area contributed by atoms with Gasteiger partial charge in [0.25, 0.3) is 0 Å². The van der Waals surface area contributed by atoms with Crippen LogP contribution in [0.1, 0.15) is 13.3 Å². The number of carbonyl (C=O) groups excluding carboxylic acids is 1. The standard InChI is InChI=1S/C18H21N7O2/c1-2-12(6-19)10-27-14-3-4-15-16(5-14)21-11-22-18(15)24-13-7-23-25(8-13)9-17(20)26/h3-8,11-12,19H,2,9-10H2,1H3,(H2,20,26)(H,21,22,24)/t12-/m0/s1. The molecule has 140 valence electrons. The van der Waals surface area contributed by atoms with E-state index in [2.05, 4.69) is 20.4 Å². The summed E-state index contributed by atoms with van der Waals surface area (Å²) in [5.74, 6) is 0.955. The van der Waals surface area contributed by atoms with Gasteiger partial charge in [-0.1, -0.05) is 6.92 Å². The van der Waals surface area contributed by atoms with Gasteiger partial charge in [0.15, 0.2) is 0 Å². The molecular weight excluding hydrogens is 346 g/mol. The third-order valence-corrected chi connectivity index (χ3v) is 4.05. The van der Waals surface area contributed by atoms with Gasteiger partial charge >= 0.3 is 0 Å². The van der Waals surface area contributed by atoms with Crippen molar-refractivity contribution < 1.29 is 9.53 Å². The van der Waals surface area contributed by atoms with Crippen LogP contribution in [0.15, 0.2) is 36.9 Å². The van der Waals surface area contributed by atoms with Crippen molar-refractivity contribution in [3.8, 4) is 5.75 Å². The van der Waals surface area contributed by atoms with Crippen LogP contribution in [-0.2, 0) is 11.3 Å². The van der Waals surface area contributed by atoms with Gasteiger partial charge < -0.3 is 21.2 Å². The van der Waals surface area contributed by atoms with E-state index in [4.69, 9.17) is 15.9 Å². The van der Waals surface area contributed by atoms with Gasteiger partial charge in [0.05, 0.1) is 24.0 Å². The Morgan fingerprint density at radius 3 is 3.04 bits per heavy atom. The van der Waals surface area contributed by atoms with Crippen LogP contribution >= 0.6 is 0 Å². The fourth-order valence-electron chi connectivity index (χ4n) is 2.52. The van der Waals surface area contributed by atoms with Crippen LogP contribution in [0.2, 0.25) is 0 Å². The number of ether oxygens (including phenoxy) is 1. The second kappa shape index (κ2) is 8.26. The molecule has 4 N–H and O–H groups in total.